The molecule has 0 radical (unpaired) electrons. The summed E-state index contributed by atoms with van der Waals surface area (Å²) >= 11 is 0. The molecule has 1 aromatic carbocycles. The summed E-state index contributed by atoms with van der Waals surface area (Å²) in [5, 5.41) is 9.35. The van der Waals surface area contributed by atoms with Gasteiger partial charge in [0, 0.05) is 43.8 Å². The summed E-state index contributed by atoms with van der Waals surface area (Å²) < 4.78 is 41.3. The molecule has 0 atom stereocenters. The fraction of sp³-hybridized carbons (Fsp3) is 0.444. The Morgan fingerprint density at radius 3 is 2.36 bits per heavy atom. The number of hydrogen-bond acceptors (Lipinski definition) is 5. The Kier molecular flexibility index (Phi) is 4.42. The molecule has 2 fully saturated rings. The lowest BCUT2D eigenvalue weighted by atomic mass is 10.1. The van der Waals surface area contributed by atoms with E-state index in [2.05, 4.69) is 0 Å². The lowest BCUT2D eigenvalue weighted by Crippen LogP contribution is -2.48. The smallest absolute Gasteiger partial charge is 0.341 e. The van der Waals surface area contributed by atoms with Crippen molar-refractivity contribution in [3.63, 3.8) is 0 Å². The zero-order valence-corrected chi connectivity index (χ0v) is 16.1. The van der Waals surface area contributed by atoms with Crippen LogP contribution in [0.3, 0.4) is 0 Å². The standard InChI is InChI=1S/C18H20FN3O5S/c1-28(26,27)21-6-4-20(5-7-21)16-9-15-12(8-14(16)19)17(23)13(18(24)25)10-22(15)11-2-3-11/h8-11H,2-7H2,1H3,(H,24,25). The molecule has 8 nitrogen and oxygen atoms in total. The van der Waals surface area contributed by atoms with E-state index in [-0.39, 0.29) is 35.8 Å². The van der Waals surface area contributed by atoms with Gasteiger partial charge in [-0.15, -0.1) is 0 Å². The summed E-state index contributed by atoms with van der Waals surface area (Å²) in [4.78, 5) is 25.7. The molecule has 1 aliphatic heterocycles. The quantitative estimate of drug-likeness (QED) is 0.816. The van der Waals surface area contributed by atoms with Gasteiger partial charge in [0.1, 0.15) is 11.4 Å². The van der Waals surface area contributed by atoms with E-state index >= 15 is 0 Å². The number of piperazine rings is 1. The highest BCUT2D eigenvalue weighted by Crippen LogP contribution is 2.38. The lowest BCUT2D eigenvalue weighted by molar-refractivity contribution is 0.0695. The molecule has 28 heavy (non-hydrogen) atoms. The van der Waals surface area contributed by atoms with Gasteiger partial charge in [-0.05, 0) is 25.0 Å². The van der Waals surface area contributed by atoms with Crippen LogP contribution in [0.15, 0.2) is 23.1 Å². The molecule has 0 bridgehead atoms. The Hall–Kier alpha value is -2.46. The number of pyridine rings is 1. The number of aromatic carboxylic acids is 1. The topological polar surface area (TPSA) is 99.9 Å². The monoisotopic (exact) mass is 409 g/mol. The number of sulfonamides is 1. The van der Waals surface area contributed by atoms with E-state index in [1.54, 1.807) is 15.5 Å². The molecule has 1 saturated carbocycles. The van der Waals surface area contributed by atoms with E-state index < -0.39 is 27.2 Å². The first kappa shape index (κ1) is 18.9. The molecule has 2 heterocycles. The number of carboxylic acid groups (broad SMARTS) is 1. The van der Waals surface area contributed by atoms with Gasteiger partial charge in [-0.1, -0.05) is 0 Å². The Morgan fingerprint density at radius 1 is 1.18 bits per heavy atom. The van der Waals surface area contributed by atoms with Gasteiger partial charge in [-0.2, -0.15) is 4.31 Å². The fourth-order valence-corrected chi connectivity index (χ4v) is 4.50. The number of carbonyl (C=O) groups is 1. The minimum atomic E-state index is -3.29. The van der Waals surface area contributed by atoms with Gasteiger partial charge >= 0.3 is 5.97 Å². The summed E-state index contributed by atoms with van der Waals surface area (Å²) in [5.41, 5.74) is -0.281. The van der Waals surface area contributed by atoms with Gasteiger partial charge in [0.15, 0.2) is 0 Å². The van der Waals surface area contributed by atoms with Crippen molar-refractivity contribution in [2.24, 2.45) is 0 Å². The highest BCUT2D eigenvalue weighted by Gasteiger charge is 2.29. The summed E-state index contributed by atoms with van der Waals surface area (Å²) in [6.07, 6.45) is 4.23. The zero-order valence-electron chi connectivity index (χ0n) is 15.3. The maximum atomic E-state index is 14.8. The van der Waals surface area contributed by atoms with Crippen LogP contribution in [0.2, 0.25) is 0 Å². The third kappa shape index (κ3) is 3.26. The second-order valence-electron chi connectivity index (χ2n) is 7.29. The van der Waals surface area contributed by atoms with Crippen molar-refractivity contribution in [2.45, 2.75) is 18.9 Å². The third-order valence-electron chi connectivity index (χ3n) is 5.32. The van der Waals surface area contributed by atoms with Gasteiger partial charge < -0.3 is 14.6 Å². The van der Waals surface area contributed by atoms with Gasteiger partial charge in [0.2, 0.25) is 15.5 Å². The van der Waals surface area contributed by atoms with E-state index in [0.29, 0.717) is 18.6 Å². The predicted molar refractivity (Wildman–Crippen MR) is 102 cm³/mol. The van der Waals surface area contributed by atoms with Crippen LogP contribution in [0.4, 0.5) is 10.1 Å². The fourth-order valence-electron chi connectivity index (χ4n) is 3.67. The number of aromatic nitrogens is 1. The van der Waals surface area contributed by atoms with Gasteiger partial charge in [-0.25, -0.2) is 17.6 Å². The molecule has 2 aliphatic rings. The number of hydrogen-bond donors (Lipinski definition) is 1. The van der Waals surface area contributed by atoms with Gasteiger partial charge in [-0.3, -0.25) is 4.79 Å². The SMILES string of the molecule is CS(=O)(=O)N1CCN(c2cc3c(cc2F)c(=O)c(C(=O)O)cn3C2CC2)CC1. The highest BCUT2D eigenvalue weighted by molar-refractivity contribution is 7.88. The molecule has 1 N–H and O–H groups in total. The number of rotatable bonds is 4. The van der Waals surface area contributed by atoms with E-state index in [0.717, 1.165) is 25.2 Å². The van der Waals surface area contributed by atoms with Crippen LogP contribution in [0, 0.1) is 5.82 Å². The molecular formula is C18H20FN3O5S. The molecule has 1 aliphatic carbocycles. The highest BCUT2D eigenvalue weighted by atomic mass is 32.2. The van der Waals surface area contributed by atoms with Crippen LogP contribution in [-0.4, -0.2) is 60.8 Å². The van der Waals surface area contributed by atoms with Crippen molar-refractivity contribution < 1.29 is 22.7 Å². The van der Waals surface area contributed by atoms with Crippen molar-refractivity contribution in [1.29, 1.82) is 0 Å². The minimum Gasteiger partial charge on any atom is -0.477 e. The number of benzene rings is 1. The Balaban J connectivity index is 1.78. The van der Waals surface area contributed by atoms with Gasteiger partial charge in [0.25, 0.3) is 0 Å². The number of anilines is 1. The average molecular weight is 409 g/mol. The molecule has 4 rings (SSSR count). The Bertz CT molecular complexity index is 1130. The van der Waals surface area contributed by atoms with Crippen LogP contribution < -0.4 is 10.3 Å². The molecule has 0 amide bonds. The maximum absolute atomic E-state index is 14.8. The largest absolute Gasteiger partial charge is 0.477 e. The number of nitrogens with zero attached hydrogens (tertiary/aromatic N) is 3. The minimum absolute atomic E-state index is 0.0443. The van der Waals surface area contributed by atoms with Crippen LogP contribution in [-0.2, 0) is 10.0 Å². The number of halogens is 1. The average Bonchev–Trinajstić information content (AvgIpc) is 3.46. The first-order chi connectivity index (χ1) is 13.2. The Morgan fingerprint density at radius 2 is 1.82 bits per heavy atom. The molecule has 1 saturated heterocycles. The van der Waals surface area contributed by atoms with E-state index in [1.807, 2.05) is 0 Å². The maximum Gasteiger partial charge on any atom is 0.341 e. The van der Waals surface area contributed by atoms with Crippen LogP contribution >= 0.6 is 0 Å². The van der Waals surface area contributed by atoms with E-state index in [9.17, 15) is 27.5 Å². The molecule has 10 heteroatoms. The molecule has 0 unspecified atom stereocenters. The van der Waals surface area contributed by atoms with Gasteiger partial charge in [0.05, 0.1) is 17.5 Å². The van der Waals surface area contributed by atoms with Crippen LogP contribution in [0.5, 0.6) is 0 Å². The first-order valence-corrected chi connectivity index (χ1v) is 10.8. The normalized spacial score (nSPS) is 18.6. The summed E-state index contributed by atoms with van der Waals surface area (Å²) in [6, 6.07) is 2.77. The second-order valence-corrected chi connectivity index (χ2v) is 9.27. The molecule has 150 valence electrons. The zero-order chi connectivity index (χ0) is 20.2. The summed E-state index contributed by atoms with van der Waals surface area (Å²) in [5.74, 6) is -1.95. The van der Waals surface area contributed by atoms with Crippen LogP contribution in [0.25, 0.3) is 10.9 Å². The molecule has 1 aromatic heterocycles. The van der Waals surface area contributed by atoms with Crippen molar-refractivity contribution in [3.05, 3.63) is 39.9 Å². The first-order valence-electron chi connectivity index (χ1n) is 8.98. The summed E-state index contributed by atoms with van der Waals surface area (Å²) in [7, 11) is -3.29. The Labute approximate surface area is 160 Å². The van der Waals surface area contributed by atoms with E-state index in [1.165, 1.54) is 10.5 Å². The number of carboxylic acids is 1. The molecular weight excluding hydrogens is 389 g/mol. The van der Waals surface area contributed by atoms with Crippen molar-refractivity contribution in [2.75, 3.05) is 37.3 Å². The second kappa shape index (κ2) is 6.56. The lowest BCUT2D eigenvalue weighted by Gasteiger charge is -2.35. The third-order valence-corrected chi connectivity index (χ3v) is 6.62. The molecule has 0 spiro atoms. The summed E-state index contributed by atoms with van der Waals surface area (Å²) in [6.45, 7) is 1.17. The van der Waals surface area contributed by atoms with Crippen molar-refractivity contribution in [3.8, 4) is 0 Å². The van der Waals surface area contributed by atoms with Crippen LogP contribution in [0.1, 0.15) is 29.2 Å². The number of fused-ring (bicyclic) bond motifs is 1. The van der Waals surface area contributed by atoms with E-state index in [4.69, 9.17) is 0 Å². The van der Waals surface area contributed by atoms with Crippen molar-refractivity contribution in [1.82, 2.24) is 8.87 Å². The predicted octanol–water partition coefficient (Wildman–Crippen LogP) is 1.26. The van der Waals surface area contributed by atoms with Crippen molar-refractivity contribution >= 4 is 32.6 Å². The molecule has 2 aromatic rings.